The molecule has 0 spiro atoms. The summed E-state index contributed by atoms with van der Waals surface area (Å²) in [6.45, 7) is 8.60. The molecule has 6 heteroatoms. The van der Waals surface area contributed by atoms with Crippen molar-refractivity contribution in [2.24, 2.45) is 11.8 Å². The first kappa shape index (κ1) is 19.3. The minimum atomic E-state index is 0.156. The van der Waals surface area contributed by atoms with Gasteiger partial charge in [-0.15, -0.1) is 0 Å². The number of carbonyl (C=O) groups excluding carboxylic acids is 1. The molecule has 5 rings (SSSR count). The van der Waals surface area contributed by atoms with Gasteiger partial charge in [-0.25, -0.2) is 4.98 Å². The molecule has 6 nitrogen and oxygen atoms in total. The van der Waals surface area contributed by atoms with Crippen LogP contribution in [0.15, 0.2) is 36.4 Å². The number of amides is 1. The van der Waals surface area contributed by atoms with Crippen LogP contribution >= 0.6 is 0 Å². The average molecular weight is 406 g/mol. The quantitative estimate of drug-likeness (QED) is 0.783. The number of aryl methyl sites for hydroxylation is 1. The first-order valence-electron chi connectivity index (χ1n) is 11.3. The molecule has 3 aliphatic heterocycles. The van der Waals surface area contributed by atoms with E-state index >= 15 is 0 Å². The van der Waals surface area contributed by atoms with E-state index in [1.54, 1.807) is 6.92 Å². The van der Waals surface area contributed by atoms with Gasteiger partial charge in [0.15, 0.2) is 0 Å². The molecule has 0 bridgehead atoms. The maximum absolute atomic E-state index is 12.4. The Morgan fingerprint density at radius 2 is 1.73 bits per heavy atom. The maximum Gasteiger partial charge on any atom is 0.227 e. The van der Waals surface area contributed by atoms with Gasteiger partial charge in [-0.2, -0.15) is 4.98 Å². The number of hydrogen-bond donors (Lipinski definition) is 0. The third-order valence-electron chi connectivity index (χ3n) is 7.00. The molecule has 0 unspecified atom stereocenters. The normalized spacial score (nSPS) is 26.2. The van der Waals surface area contributed by atoms with Crippen molar-refractivity contribution in [1.82, 2.24) is 14.9 Å². The Balaban J connectivity index is 1.40. The van der Waals surface area contributed by atoms with E-state index in [9.17, 15) is 4.79 Å². The molecule has 2 aromatic rings. The van der Waals surface area contributed by atoms with E-state index in [1.807, 2.05) is 6.07 Å². The maximum atomic E-state index is 12.4. The van der Waals surface area contributed by atoms with E-state index < -0.39 is 0 Å². The van der Waals surface area contributed by atoms with Crippen LogP contribution in [0, 0.1) is 18.8 Å². The number of fused-ring (bicyclic) bond motifs is 1. The van der Waals surface area contributed by atoms with E-state index in [2.05, 4.69) is 52.0 Å². The molecule has 3 aliphatic rings. The van der Waals surface area contributed by atoms with Crippen LogP contribution in [0.2, 0.25) is 0 Å². The van der Waals surface area contributed by atoms with Crippen molar-refractivity contribution < 1.29 is 4.79 Å². The van der Waals surface area contributed by atoms with Gasteiger partial charge in [0, 0.05) is 63.2 Å². The summed E-state index contributed by atoms with van der Waals surface area (Å²) in [6, 6.07) is 12.8. The van der Waals surface area contributed by atoms with Gasteiger partial charge in [0.2, 0.25) is 11.9 Å². The smallest absolute Gasteiger partial charge is 0.227 e. The largest absolute Gasteiger partial charge is 0.356 e. The standard InChI is InChI=1S/C24H31N5O/c1-17-13-22(26-24(25-17)27-11-7-4-8-12-27)28-14-20-15-29(18(2)30)23(21(20)16-28)19-9-5-3-6-10-19/h3,5-6,9-10,13,20-21,23H,4,7-8,11-12,14-16H2,1-2H3/t20-,21-,23-/m1/s1. The number of benzene rings is 1. The van der Waals surface area contributed by atoms with Crippen LogP contribution in [0.1, 0.15) is 43.5 Å². The SMILES string of the molecule is CC(=O)N1C[C@H]2CN(c3cc(C)nc(N4CCCCC4)n3)C[C@H]2[C@H]1c1ccccc1. The lowest BCUT2D eigenvalue weighted by atomic mass is 9.89. The summed E-state index contributed by atoms with van der Waals surface area (Å²) in [5, 5.41) is 0. The fourth-order valence-electron chi connectivity index (χ4n) is 5.57. The highest BCUT2D eigenvalue weighted by Gasteiger charge is 2.48. The molecule has 3 fully saturated rings. The van der Waals surface area contributed by atoms with Crippen molar-refractivity contribution in [3.05, 3.63) is 47.7 Å². The second-order valence-electron chi connectivity index (χ2n) is 9.07. The highest BCUT2D eigenvalue weighted by atomic mass is 16.2. The van der Waals surface area contributed by atoms with E-state index in [4.69, 9.17) is 9.97 Å². The molecule has 3 atom stereocenters. The van der Waals surface area contributed by atoms with Crippen molar-refractivity contribution in [3.8, 4) is 0 Å². The Hall–Kier alpha value is -2.63. The number of rotatable bonds is 3. The lowest BCUT2D eigenvalue weighted by Gasteiger charge is -2.30. The first-order valence-corrected chi connectivity index (χ1v) is 11.3. The summed E-state index contributed by atoms with van der Waals surface area (Å²) in [5.41, 5.74) is 2.28. The lowest BCUT2D eigenvalue weighted by molar-refractivity contribution is -0.130. The fourth-order valence-corrected chi connectivity index (χ4v) is 5.57. The zero-order chi connectivity index (χ0) is 20.7. The molecule has 0 radical (unpaired) electrons. The number of carbonyl (C=O) groups is 1. The second kappa shape index (κ2) is 7.89. The Labute approximate surface area is 178 Å². The van der Waals surface area contributed by atoms with Gasteiger partial charge in [0.05, 0.1) is 6.04 Å². The predicted octanol–water partition coefficient (Wildman–Crippen LogP) is 3.43. The molecule has 158 valence electrons. The summed E-state index contributed by atoms with van der Waals surface area (Å²) >= 11 is 0. The van der Waals surface area contributed by atoms with Crippen LogP contribution in [-0.4, -0.2) is 53.5 Å². The first-order chi connectivity index (χ1) is 14.6. The number of hydrogen-bond acceptors (Lipinski definition) is 5. The monoisotopic (exact) mass is 405 g/mol. The number of piperidine rings is 1. The average Bonchev–Trinajstić information content (AvgIpc) is 3.33. The van der Waals surface area contributed by atoms with Crippen molar-refractivity contribution in [2.75, 3.05) is 42.5 Å². The minimum Gasteiger partial charge on any atom is -0.356 e. The van der Waals surface area contributed by atoms with E-state index in [0.29, 0.717) is 11.8 Å². The predicted molar refractivity (Wildman–Crippen MR) is 119 cm³/mol. The van der Waals surface area contributed by atoms with Gasteiger partial charge in [0.25, 0.3) is 0 Å². The van der Waals surface area contributed by atoms with Crippen LogP contribution in [-0.2, 0) is 4.79 Å². The van der Waals surface area contributed by atoms with Crippen LogP contribution in [0.25, 0.3) is 0 Å². The summed E-state index contributed by atoms with van der Waals surface area (Å²) < 4.78 is 0. The third kappa shape index (κ3) is 3.53. The highest BCUT2D eigenvalue weighted by molar-refractivity contribution is 5.74. The third-order valence-corrected chi connectivity index (χ3v) is 7.00. The van der Waals surface area contributed by atoms with Crippen LogP contribution in [0.3, 0.4) is 0 Å². The number of likely N-dealkylation sites (tertiary alicyclic amines) is 1. The van der Waals surface area contributed by atoms with Gasteiger partial charge in [-0.05, 0) is 31.7 Å². The molecule has 0 saturated carbocycles. The van der Waals surface area contributed by atoms with E-state index in [1.165, 1.54) is 24.8 Å². The summed E-state index contributed by atoms with van der Waals surface area (Å²) in [5.74, 6) is 3.01. The van der Waals surface area contributed by atoms with Gasteiger partial charge in [0.1, 0.15) is 5.82 Å². The molecule has 1 aromatic carbocycles. The Morgan fingerprint density at radius 3 is 2.47 bits per heavy atom. The number of anilines is 2. The number of aromatic nitrogens is 2. The Kier molecular flexibility index (Phi) is 5.09. The van der Waals surface area contributed by atoms with E-state index in [0.717, 1.165) is 50.2 Å². The van der Waals surface area contributed by atoms with Gasteiger partial charge in [-0.3, -0.25) is 4.79 Å². The van der Waals surface area contributed by atoms with Gasteiger partial charge >= 0.3 is 0 Å². The van der Waals surface area contributed by atoms with Crippen LogP contribution in [0.5, 0.6) is 0 Å². The topological polar surface area (TPSA) is 52.6 Å². The zero-order valence-corrected chi connectivity index (χ0v) is 18.0. The van der Waals surface area contributed by atoms with Gasteiger partial charge in [-0.1, -0.05) is 30.3 Å². The molecule has 0 aliphatic carbocycles. The van der Waals surface area contributed by atoms with Crippen LogP contribution in [0.4, 0.5) is 11.8 Å². The van der Waals surface area contributed by atoms with Crippen LogP contribution < -0.4 is 9.80 Å². The van der Waals surface area contributed by atoms with Crippen molar-refractivity contribution in [2.45, 2.75) is 39.2 Å². The molecule has 4 heterocycles. The molecular weight excluding hydrogens is 374 g/mol. The summed E-state index contributed by atoms with van der Waals surface area (Å²) in [4.78, 5) is 28.9. The fraction of sp³-hybridized carbons (Fsp3) is 0.542. The molecule has 1 amide bonds. The van der Waals surface area contributed by atoms with Crippen molar-refractivity contribution >= 4 is 17.7 Å². The Bertz CT molecular complexity index is 911. The van der Waals surface area contributed by atoms with Crippen molar-refractivity contribution in [1.29, 1.82) is 0 Å². The number of nitrogens with zero attached hydrogens (tertiary/aromatic N) is 5. The van der Waals surface area contributed by atoms with E-state index in [-0.39, 0.29) is 11.9 Å². The zero-order valence-electron chi connectivity index (χ0n) is 18.0. The molecular formula is C24H31N5O. The van der Waals surface area contributed by atoms with Gasteiger partial charge < -0.3 is 14.7 Å². The minimum absolute atomic E-state index is 0.156. The summed E-state index contributed by atoms with van der Waals surface area (Å²) in [6.07, 6.45) is 3.75. The lowest BCUT2D eigenvalue weighted by Crippen LogP contribution is -2.35. The summed E-state index contributed by atoms with van der Waals surface area (Å²) in [7, 11) is 0. The Morgan fingerprint density at radius 1 is 0.967 bits per heavy atom. The molecule has 1 aromatic heterocycles. The highest BCUT2D eigenvalue weighted by Crippen LogP contribution is 2.45. The van der Waals surface area contributed by atoms with Crippen molar-refractivity contribution in [3.63, 3.8) is 0 Å². The molecule has 0 N–H and O–H groups in total. The molecule has 3 saturated heterocycles. The molecule has 30 heavy (non-hydrogen) atoms. The second-order valence-corrected chi connectivity index (χ2v) is 9.07.